The average molecular weight is 244 g/mol. The van der Waals surface area contributed by atoms with Crippen LogP contribution in [0.5, 0.6) is 0 Å². The van der Waals surface area contributed by atoms with Crippen LogP contribution in [0.25, 0.3) is 0 Å². The Morgan fingerprint density at radius 1 is 1.35 bits per heavy atom. The number of nitrogens with one attached hydrogen (secondary N) is 1. The van der Waals surface area contributed by atoms with Crippen LogP contribution in [0.1, 0.15) is 40.5 Å². The van der Waals surface area contributed by atoms with E-state index in [2.05, 4.69) is 26.1 Å². The number of hydrogen-bond donors (Lipinski definition) is 3. The van der Waals surface area contributed by atoms with Crippen LogP contribution in [0.15, 0.2) is 0 Å². The molecule has 0 aliphatic carbocycles. The fourth-order valence-electron chi connectivity index (χ4n) is 1.52. The number of nitrogens with two attached hydrogens (primary N) is 1. The molecule has 100 valence electrons. The van der Waals surface area contributed by atoms with Gasteiger partial charge >= 0.3 is 5.97 Å². The number of carboxylic acid groups (broad SMARTS) is 1. The van der Waals surface area contributed by atoms with E-state index in [1.807, 2.05) is 0 Å². The molecule has 0 fully saturated rings. The minimum absolute atomic E-state index is 0.0913. The van der Waals surface area contributed by atoms with E-state index in [-0.39, 0.29) is 30.3 Å². The second-order valence-corrected chi connectivity index (χ2v) is 5.77. The van der Waals surface area contributed by atoms with Gasteiger partial charge in [-0.15, -0.1) is 0 Å². The molecule has 5 nitrogen and oxygen atoms in total. The lowest BCUT2D eigenvalue weighted by molar-refractivity contribution is -0.141. The molecule has 0 spiro atoms. The van der Waals surface area contributed by atoms with Crippen LogP contribution in [0, 0.1) is 11.3 Å². The van der Waals surface area contributed by atoms with Gasteiger partial charge in [0, 0.05) is 19.0 Å². The van der Waals surface area contributed by atoms with Crippen LogP contribution < -0.4 is 11.1 Å². The van der Waals surface area contributed by atoms with Crippen LogP contribution >= 0.6 is 0 Å². The highest BCUT2D eigenvalue weighted by Gasteiger charge is 2.19. The molecule has 1 amide bonds. The van der Waals surface area contributed by atoms with Crippen molar-refractivity contribution in [3.8, 4) is 0 Å². The maximum absolute atomic E-state index is 11.5. The van der Waals surface area contributed by atoms with Crippen LogP contribution in [0.3, 0.4) is 0 Å². The Balaban J connectivity index is 3.90. The highest BCUT2D eigenvalue weighted by molar-refractivity contribution is 5.77. The number of rotatable bonds is 6. The first-order chi connectivity index (χ1) is 7.61. The van der Waals surface area contributed by atoms with Crippen molar-refractivity contribution in [2.45, 2.75) is 46.6 Å². The van der Waals surface area contributed by atoms with Crippen molar-refractivity contribution >= 4 is 11.9 Å². The molecule has 0 aromatic carbocycles. The van der Waals surface area contributed by atoms with Gasteiger partial charge in [-0.05, 0) is 11.8 Å². The molecule has 0 saturated heterocycles. The second kappa shape index (κ2) is 6.59. The molecule has 0 rings (SSSR count). The zero-order chi connectivity index (χ0) is 13.6. The summed E-state index contributed by atoms with van der Waals surface area (Å²) in [6.07, 6.45) is 0.999. The van der Waals surface area contributed by atoms with Crippen molar-refractivity contribution in [3.05, 3.63) is 0 Å². The number of carbonyl (C=O) groups excluding carboxylic acids is 1. The number of carbonyl (C=O) groups is 2. The molecular formula is C12H24N2O3. The van der Waals surface area contributed by atoms with Crippen LogP contribution in [0.2, 0.25) is 0 Å². The molecule has 0 aliphatic rings. The Morgan fingerprint density at radius 3 is 2.29 bits per heavy atom. The molecular weight excluding hydrogens is 220 g/mol. The number of aliphatic carboxylic acids is 1. The van der Waals surface area contributed by atoms with Crippen molar-refractivity contribution in [2.24, 2.45) is 17.1 Å². The van der Waals surface area contributed by atoms with Gasteiger partial charge < -0.3 is 16.2 Å². The predicted molar refractivity (Wildman–Crippen MR) is 66.5 cm³/mol. The predicted octanol–water partition coefficient (Wildman–Crippen LogP) is 0.977. The molecule has 0 aromatic rings. The lowest BCUT2D eigenvalue weighted by atomic mass is 9.87. The van der Waals surface area contributed by atoms with E-state index in [0.717, 1.165) is 6.42 Å². The zero-order valence-electron chi connectivity index (χ0n) is 11.1. The van der Waals surface area contributed by atoms with Gasteiger partial charge in [-0.2, -0.15) is 0 Å². The maximum atomic E-state index is 11.5. The van der Waals surface area contributed by atoms with Gasteiger partial charge in [0.25, 0.3) is 0 Å². The SMILES string of the molecule is CC(CNC(=O)CC(N)CC(C)(C)C)C(=O)O. The number of amides is 1. The van der Waals surface area contributed by atoms with Gasteiger partial charge in [0.15, 0.2) is 0 Å². The largest absolute Gasteiger partial charge is 0.481 e. The van der Waals surface area contributed by atoms with Gasteiger partial charge in [-0.1, -0.05) is 27.7 Å². The lowest BCUT2D eigenvalue weighted by Gasteiger charge is -2.22. The molecule has 4 N–H and O–H groups in total. The van der Waals surface area contributed by atoms with Crippen molar-refractivity contribution in [2.75, 3.05) is 6.54 Å². The van der Waals surface area contributed by atoms with E-state index in [1.165, 1.54) is 0 Å². The van der Waals surface area contributed by atoms with Gasteiger partial charge in [0.05, 0.1) is 5.92 Å². The molecule has 0 aliphatic heterocycles. The van der Waals surface area contributed by atoms with Crippen LogP contribution in [-0.4, -0.2) is 29.6 Å². The summed E-state index contributed by atoms with van der Waals surface area (Å²) in [5, 5.41) is 11.2. The van der Waals surface area contributed by atoms with E-state index in [1.54, 1.807) is 6.92 Å². The summed E-state index contributed by atoms with van der Waals surface area (Å²) in [4.78, 5) is 22.0. The third-order valence-electron chi connectivity index (χ3n) is 2.35. The smallest absolute Gasteiger partial charge is 0.308 e. The van der Waals surface area contributed by atoms with Gasteiger partial charge in [0.1, 0.15) is 0 Å². The van der Waals surface area contributed by atoms with E-state index >= 15 is 0 Å². The summed E-state index contributed by atoms with van der Waals surface area (Å²) in [5.74, 6) is -1.67. The quantitative estimate of drug-likeness (QED) is 0.649. The topological polar surface area (TPSA) is 92.4 Å². The zero-order valence-corrected chi connectivity index (χ0v) is 11.1. The highest BCUT2D eigenvalue weighted by atomic mass is 16.4. The average Bonchev–Trinajstić information content (AvgIpc) is 2.10. The standard InChI is InChI=1S/C12H24N2O3/c1-8(11(16)17)7-14-10(15)5-9(13)6-12(2,3)4/h8-9H,5-7,13H2,1-4H3,(H,14,15)(H,16,17). The van der Waals surface area contributed by atoms with E-state index in [9.17, 15) is 9.59 Å². The molecule has 0 saturated carbocycles. The summed E-state index contributed by atoms with van der Waals surface area (Å²) in [6, 6.07) is -0.185. The van der Waals surface area contributed by atoms with E-state index in [4.69, 9.17) is 10.8 Å². The minimum atomic E-state index is -0.913. The van der Waals surface area contributed by atoms with Crippen molar-refractivity contribution in [3.63, 3.8) is 0 Å². The Labute approximate surface area is 103 Å². The lowest BCUT2D eigenvalue weighted by Crippen LogP contribution is -2.37. The first-order valence-corrected chi connectivity index (χ1v) is 5.87. The van der Waals surface area contributed by atoms with Crippen LogP contribution in [-0.2, 0) is 9.59 Å². The summed E-state index contributed by atoms with van der Waals surface area (Å²) < 4.78 is 0. The first kappa shape index (κ1) is 15.9. The third-order valence-corrected chi connectivity index (χ3v) is 2.35. The summed E-state index contributed by atoms with van der Waals surface area (Å²) in [5.41, 5.74) is 5.94. The molecule has 2 atom stereocenters. The Morgan fingerprint density at radius 2 is 1.88 bits per heavy atom. The van der Waals surface area contributed by atoms with Crippen molar-refractivity contribution in [1.82, 2.24) is 5.32 Å². The maximum Gasteiger partial charge on any atom is 0.308 e. The molecule has 0 radical (unpaired) electrons. The van der Waals surface area contributed by atoms with Crippen molar-refractivity contribution in [1.29, 1.82) is 0 Å². The Hall–Kier alpha value is -1.10. The number of hydrogen-bond acceptors (Lipinski definition) is 3. The highest BCUT2D eigenvalue weighted by Crippen LogP contribution is 2.20. The monoisotopic (exact) mass is 244 g/mol. The molecule has 0 bridgehead atoms. The Bertz CT molecular complexity index is 271. The second-order valence-electron chi connectivity index (χ2n) is 5.77. The number of carboxylic acids is 1. The normalized spacial score (nSPS) is 15.1. The molecule has 17 heavy (non-hydrogen) atoms. The fraction of sp³-hybridized carbons (Fsp3) is 0.833. The molecule has 0 aromatic heterocycles. The van der Waals surface area contributed by atoms with E-state index < -0.39 is 11.9 Å². The third kappa shape index (κ3) is 8.68. The van der Waals surface area contributed by atoms with Gasteiger partial charge in [0.2, 0.25) is 5.91 Å². The summed E-state index contributed by atoms with van der Waals surface area (Å²) in [7, 11) is 0. The first-order valence-electron chi connectivity index (χ1n) is 5.87. The molecule has 5 heteroatoms. The van der Waals surface area contributed by atoms with Crippen molar-refractivity contribution < 1.29 is 14.7 Å². The minimum Gasteiger partial charge on any atom is -0.481 e. The van der Waals surface area contributed by atoms with Gasteiger partial charge in [-0.25, -0.2) is 0 Å². The van der Waals surface area contributed by atoms with E-state index in [0.29, 0.717) is 0 Å². The van der Waals surface area contributed by atoms with Crippen LogP contribution in [0.4, 0.5) is 0 Å². The Kier molecular flexibility index (Phi) is 6.16. The van der Waals surface area contributed by atoms with Gasteiger partial charge in [-0.3, -0.25) is 9.59 Å². The fourth-order valence-corrected chi connectivity index (χ4v) is 1.52. The summed E-state index contributed by atoms with van der Waals surface area (Å²) in [6.45, 7) is 7.90. The molecule has 2 unspecified atom stereocenters. The molecule has 0 heterocycles. The summed E-state index contributed by atoms with van der Waals surface area (Å²) >= 11 is 0.